The van der Waals surface area contributed by atoms with Crippen molar-refractivity contribution in [3.63, 3.8) is 0 Å². The molecule has 0 saturated carbocycles. The molecule has 3 N–H and O–H groups in total. The van der Waals surface area contributed by atoms with Crippen molar-refractivity contribution in [2.45, 2.75) is 52.1 Å². The number of carbonyl (C=O) groups excluding carboxylic acids is 1. The molecule has 1 fully saturated rings. The highest BCUT2D eigenvalue weighted by Gasteiger charge is 2.36. The van der Waals surface area contributed by atoms with Crippen molar-refractivity contribution in [1.29, 1.82) is 0 Å². The van der Waals surface area contributed by atoms with E-state index >= 15 is 0 Å². The Morgan fingerprint density at radius 1 is 1.07 bits per heavy atom. The average Bonchev–Trinajstić information content (AvgIpc) is 2.72. The van der Waals surface area contributed by atoms with Crippen molar-refractivity contribution in [1.82, 2.24) is 4.90 Å². The number of hydrogen-bond donors (Lipinski definition) is 2. The van der Waals surface area contributed by atoms with Crippen LogP contribution in [0.1, 0.15) is 45.6 Å². The van der Waals surface area contributed by atoms with Crippen LogP contribution in [-0.4, -0.2) is 36.2 Å². The van der Waals surface area contributed by atoms with Gasteiger partial charge in [0.2, 0.25) is 0 Å². The zero-order valence-electron chi connectivity index (χ0n) is 18.5. The normalized spacial score (nSPS) is 16.2. The minimum Gasteiger partial charge on any atom is -0.444 e. The highest BCUT2D eigenvalue weighted by atomic mass is 16.6. The highest BCUT2D eigenvalue weighted by Crippen LogP contribution is 2.37. The number of nitrogens with one attached hydrogen (secondary N) is 1. The number of nitrogen functional groups attached to an aromatic ring is 1. The fraction of sp³-hybridized carbons (Fsp3) is 0.480. The number of piperidine rings is 1. The number of rotatable bonds is 6. The Hall–Kier alpha value is -2.69. The van der Waals surface area contributed by atoms with Gasteiger partial charge in [0.05, 0.1) is 11.4 Å². The van der Waals surface area contributed by atoms with Crippen molar-refractivity contribution >= 4 is 17.5 Å². The second-order valence-electron chi connectivity index (χ2n) is 9.39. The third-order valence-corrected chi connectivity index (χ3v) is 5.88. The molecule has 1 saturated heterocycles. The van der Waals surface area contributed by atoms with Crippen LogP contribution >= 0.6 is 0 Å². The Morgan fingerprint density at radius 2 is 1.70 bits per heavy atom. The molecule has 1 heterocycles. The van der Waals surface area contributed by atoms with Gasteiger partial charge in [-0.1, -0.05) is 42.5 Å². The monoisotopic (exact) mass is 409 g/mol. The summed E-state index contributed by atoms with van der Waals surface area (Å²) in [6.07, 6.45) is 3.77. The standard InChI is InChI=1S/C25H35N3O2/c1-24(2,3)30-23(29)28-17-15-25(16-18-28,14-13-20-9-5-4-6-10-20)19-27-22-12-8-7-11-21(22)26/h4-12,27H,13-19,26H2,1-3H3. The first-order valence-electron chi connectivity index (χ1n) is 10.9. The van der Waals surface area contributed by atoms with E-state index in [1.165, 1.54) is 5.56 Å². The topological polar surface area (TPSA) is 67.6 Å². The number of benzene rings is 2. The van der Waals surface area contributed by atoms with Crippen LogP contribution in [0.25, 0.3) is 0 Å². The molecular formula is C25H35N3O2. The summed E-state index contributed by atoms with van der Waals surface area (Å²) in [7, 11) is 0. The molecule has 2 aromatic carbocycles. The summed E-state index contributed by atoms with van der Waals surface area (Å²) in [5, 5.41) is 3.58. The van der Waals surface area contributed by atoms with Crippen LogP contribution in [0, 0.1) is 5.41 Å². The van der Waals surface area contributed by atoms with Crippen molar-refractivity contribution in [3.8, 4) is 0 Å². The summed E-state index contributed by atoms with van der Waals surface area (Å²) in [6, 6.07) is 18.5. The lowest BCUT2D eigenvalue weighted by molar-refractivity contribution is 0.0104. The number of anilines is 2. The Bertz CT molecular complexity index is 822. The number of carbonyl (C=O) groups is 1. The van der Waals surface area contributed by atoms with Gasteiger partial charge in [-0.25, -0.2) is 4.79 Å². The van der Waals surface area contributed by atoms with Crippen molar-refractivity contribution in [3.05, 3.63) is 60.2 Å². The fourth-order valence-electron chi connectivity index (χ4n) is 4.00. The van der Waals surface area contributed by atoms with Crippen LogP contribution in [0.5, 0.6) is 0 Å². The molecule has 30 heavy (non-hydrogen) atoms. The smallest absolute Gasteiger partial charge is 0.410 e. The number of nitrogens with zero attached hydrogens (tertiary/aromatic N) is 1. The lowest BCUT2D eigenvalue weighted by atomic mass is 9.74. The number of aryl methyl sites for hydroxylation is 1. The van der Waals surface area contributed by atoms with Gasteiger partial charge >= 0.3 is 6.09 Å². The zero-order valence-corrected chi connectivity index (χ0v) is 18.5. The molecule has 2 aromatic rings. The first-order chi connectivity index (χ1) is 14.3. The molecule has 5 nitrogen and oxygen atoms in total. The Labute approximate surface area is 180 Å². The summed E-state index contributed by atoms with van der Waals surface area (Å²) in [5.74, 6) is 0. The first-order valence-corrected chi connectivity index (χ1v) is 10.9. The lowest BCUT2D eigenvalue weighted by Crippen LogP contribution is -2.47. The van der Waals surface area contributed by atoms with Crippen LogP contribution in [0.2, 0.25) is 0 Å². The number of para-hydroxylation sites is 2. The molecule has 0 bridgehead atoms. The van der Waals surface area contributed by atoms with E-state index in [9.17, 15) is 4.79 Å². The highest BCUT2D eigenvalue weighted by molar-refractivity contribution is 5.68. The van der Waals surface area contributed by atoms with Gasteiger partial charge in [-0.3, -0.25) is 0 Å². The van der Waals surface area contributed by atoms with Gasteiger partial charge in [0.1, 0.15) is 5.60 Å². The maximum absolute atomic E-state index is 12.5. The Morgan fingerprint density at radius 3 is 2.33 bits per heavy atom. The van der Waals surface area contributed by atoms with E-state index in [2.05, 4.69) is 35.6 Å². The third kappa shape index (κ3) is 6.15. The van der Waals surface area contributed by atoms with Gasteiger partial charge in [-0.15, -0.1) is 0 Å². The summed E-state index contributed by atoms with van der Waals surface area (Å²) >= 11 is 0. The molecular weight excluding hydrogens is 374 g/mol. The molecule has 0 aromatic heterocycles. The quantitative estimate of drug-likeness (QED) is 0.633. The SMILES string of the molecule is CC(C)(C)OC(=O)N1CCC(CCc2ccccc2)(CNc2ccccc2N)CC1. The second kappa shape index (κ2) is 9.41. The van der Waals surface area contributed by atoms with Crippen LogP contribution in [-0.2, 0) is 11.2 Å². The fourth-order valence-corrected chi connectivity index (χ4v) is 4.00. The Kier molecular flexibility index (Phi) is 6.91. The van der Waals surface area contributed by atoms with Crippen molar-refractivity contribution in [2.24, 2.45) is 5.41 Å². The Balaban J connectivity index is 1.67. The van der Waals surface area contributed by atoms with Gasteiger partial charge in [0.25, 0.3) is 0 Å². The van der Waals surface area contributed by atoms with Crippen LogP contribution in [0.4, 0.5) is 16.2 Å². The van der Waals surface area contributed by atoms with E-state index in [1.54, 1.807) is 0 Å². The summed E-state index contributed by atoms with van der Waals surface area (Å²) in [5.41, 5.74) is 8.87. The van der Waals surface area contributed by atoms with Gasteiger partial charge in [-0.05, 0) is 69.6 Å². The molecule has 0 spiro atoms. The molecule has 5 heteroatoms. The van der Waals surface area contributed by atoms with Gasteiger partial charge in [0.15, 0.2) is 0 Å². The van der Waals surface area contributed by atoms with E-state index in [4.69, 9.17) is 10.5 Å². The first kappa shape index (κ1) is 22.0. The summed E-state index contributed by atoms with van der Waals surface area (Å²) in [6.45, 7) is 8.01. The van der Waals surface area contributed by atoms with E-state index in [1.807, 2.05) is 49.9 Å². The van der Waals surface area contributed by atoms with Crippen LogP contribution in [0.3, 0.4) is 0 Å². The van der Waals surface area contributed by atoms with Crippen molar-refractivity contribution < 1.29 is 9.53 Å². The number of amides is 1. The summed E-state index contributed by atoms with van der Waals surface area (Å²) in [4.78, 5) is 14.3. The molecule has 162 valence electrons. The van der Waals surface area contributed by atoms with Gasteiger partial charge in [-0.2, -0.15) is 0 Å². The van der Waals surface area contributed by atoms with Crippen LogP contribution < -0.4 is 11.1 Å². The van der Waals surface area contributed by atoms with Crippen molar-refractivity contribution in [2.75, 3.05) is 30.7 Å². The molecule has 1 aliphatic heterocycles. The van der Waals surface area contributed by atoms with E-state index in [0.717, 1.165) is 56.7 Å². The minimum atomic E-state index is -0.467. The maximum Gasteiger partial charge on any atom is 0.410 e. The predicted octanol–water partition coefficient (Wildman–Crippen LogP) is 5.33. The average molecular weight is 410 g/mol. The number of likely N-dealkylation sites (tertiary alicyclic amines) is 1. The van der Waals surface area contributed by atoms with Crippen LogP contribution in [0.15, 0.2) is 54.6 Å². The van der Waals surface area contributed by atoms with E-state index in [-0.39, 0.29) is 11.5 Å². The molecule has 0 unspecified atom stereocenters. The molecule has 3 rings (SSSR count). The number of hydrogen-bond acceptors (Lipinski definition) is 4. The zero-order chi connectivity index (χ0) is 21.6. The number of ether oxygens (including phenoxy) is 1. The largest absolute Gasteiger partial charge is 0.444 e. The minimum absolute atomic E-state index is 0.108. The summed E-state index contributed by atoms with van der Waals surface area (Å²) < 4.78 is 5.57. The molecule has 0 atom stereocenters. The lowest BCUT2D eigenvalue weighted by Gasteiger charge is -2.42. The third-order valence-electron chi connectivity index (χ3n) is 5.88. The predicted molar refractivity (Wildman–Crippen MR) is 124 cm³/mol. The van der Waals surface area contributed by atoms with E-state index in [0.29, 0.717) is 0 Å². The molecule has 1 aliphatic rings. The van der Waals surface area contributed by atoms with Gasteiger partial charge in [0, 0.05) is 19.6 Å². The van der Waals surface area contributed by atoms with E-state index < -0.39 is 5.60 Å². The van der Waals surface area contributed by atoms with Gasteiger partial charge < -0.3 is 20.7 Å². The maximum atomic E-state index is 12.5. The second-order valence-corrected chi connectivity index (χ2v) is 9.39. The molecule has 0 aliphatic carbocycles. The molecule has 0 radical (unpaired) electrons. The number of nitrogens with two attached hydrogens (primary N) is 1. The molecule has 1 amide bonds.